The largest absolute Gasteiger partial charge is 0.490 e. The molecule has 0 radical (unpaired) electrons. The number of nitrogens with one attached hydrogen (secondary N) is 2. The standard InChI is InChI=1S/C28H30N6O.C2HF3O2/c29-25-10-4-5-11-26(25)31-28(35)22-14-12-20(13-15-22)7-6-16-34-19-23(32-33-34)18-30-27-17-24(27)21-8-2-1-3-9-21;3-2(4,5)1(6)7/h1-5,8-15,19,24,27,30H,6-7,16-18,29H2,(H,31,35);(H,6,7). The van der Waals surface area contributed by atoms with Crippen LogP contribution in [0, 0.1) is 0 Å². The number of nitrogens with zero attached hydrogens (tertiary/aromatic N) is 3. The molecule has 0 spiro atoms. The number of halogens is 3. The van der Waals surface area contributed by atoms with E-state index >= 15 is 0 Å². The first-order valence-electron chi connectivity index (χ1n) is 13.3. The predicted molar refractivity (Wildman–Crippen MR) is 152 cm³/mol. The van der Waals surface area contributed by atoms with E-state index in [1.165, 1.54) is 17.5 Å². The molecule has 2 unspecified atom stereocenters. The number of hydrogen-bond donors (Lipinski definition) is 4. The number of rotatable bonds is 10. The topological polar surface area (TPSA) is 135 Å². The molecule has 9 nitrogen and oxygen atoms in total. The van der Waals surface area contributed by atoms with Crippen LogP contribution in [0.2, 0.25) is 0 Å². The Hall–Kier alpha value is -4.71. The summed E-state index contributed by atoms with van der Waals surface area (Å²) in [6.45, 7) is 1.55. The molecular weight excluding hydrogens is 549 g/mol. The number of carboxylic acid groups (broad SMARTS) is 1. The van der Waals surface area contributed by atoms with Crippen LogP contribution in [0.4, 0.5) is 24.5 Å². The number of aryl methyl sites for hydroxylation is 2. The Bertz CT molecular complexity index is 1480. The molecule has 5 N–H and O–H groups in total. The fourth-order valence-electron chi connectivity index (χ4n) is 4.33. The summed E-state index contributed by atoms with van der Waals surface area (Å²) in [5.41, 5.74) is 11.2. The van der Waals surface area contributed by atoms with Gasteiger partial charge < -0.3 is 21.5 Å². The Labute approximate surface area is 240 Å². The molecule has 1 heterocycles. The third-order valence-electron chi connectivity index (χ3n) is 6.67. The second-order valence-electron chi connectivity index (χ2n) is 9.86. The van der Waals surface area contributed by atoms with Crippen molar-refractivity contribution in [1.29, 1.82) is 0 Å². The SMILES string of the molecule is Nc1ccccc1NC(=O)c1ccc(CCCn2cc(CNC3CC3c3ccccc3)nn2)cc1.O=C(O)C(F)(F)F. The first kappa shape index (κ1) is 30.3. The summed E-state index contributed by atoms with van der Waals surface area (Å²) in [6, 6.07) is 26.1. The van der Waals surface area contributed by atoms with Crippen molar-refractivity contribution in [3.8, 4) is 0 Å². The number of anilines is 2. The van der Waals surface area contributed by atoms with Crippen molar-refractivity contribution in [1.82, 2.24) is 20.3 Å². The van der Waals surface area contributed by atoms with E-state index in [1.54, 1.807) is 12.1 Å². The van der Waals surface area contributed by atoms with Crippen molar-refractivity contribution in [2.45, 2.75) is 50.5 Å². The van der Waals surface area contributed by atoms with Gasteiger partial charge in [-0.15, -0.1) is 5.10 Å². The zero-order valence-corrected chi connectivity index (χ0v) is 22.6. The summed E-state index contributed by atoms with van der Waals surface area (Å²) in [5.74, 6) is -2.31. The normalized spacial score (nSPS) is 15.8. The maximum Gasteiger partial charge on any atom is 0.490 e. The molecule has 3 aromatic carbocycles. The molecule has 0 aliphatic heterocycles. The van der Waals surface area contributed by atoms with Gasteiger partial charge in [-0.3, -0.25) is 9.48 Å². The molecular formula is C30H31F3N6O3. The van der Waals surface area contributed by atoms with Gasteiger partial charge in [-0.2, -0.15) is 13.2 Å². The highest BCUT2D eigenvalue weighted by Crippen LogP contribution is 2.40. The van der Waals surface area contributed by atoms with Gasteiger partial charge in [0.2, 0.25) is 0 Å². The maximum absolute atomic E-state index is 12.5. The highest BCUT2D eigenvalue weighted by atomic mass is 19.4. The van der Waals surface area contributed by atoms with Gasteiger partial charge in [0, 0.05) is 36.8 Å². The van der Waals surface area contributed by atoms with Gasteiger partial charge in [0.15, 0.2) is 0 Å². The van der Waals surface area contributed by atoms with E-state index in [0.29, 0.717) is 28.9 Å². The molecule has 12 heteroatoms. The Kier molecular flexibility index (Phi) is 9.92. The molecule has 1 aromatic heterocycles. The predicted octanol–water partition coefficient (Wildman–Crippen LogP) is 5.02. The minimum absolute atomic E-state index is 0.167. The van der Waals surface area contributed by atoms with E-state index in [0.717, 1.165) is 31.6 Å². The summed E-state index contributed by atoms with van der Waals surface area (Å²) in [4.78, 5) is 21.4. The molecule has 1 saturated carbocycles. The second-order valence-corrected chi connectivity index (χ2v) is 9.86. The van der Waals surface area contributed by atoms with Gasteiger partial charge in [-0.05, 0) is 54.7 Å². The monoisotopic (exact) mass is 580 g/mol. The number of aromatic nitrogens is 3. The van der Waals surface area contributed by atoms with Crippen LogP contribution in [0.1, 0.15) is 45.9 Å². The van der Waals surface area contributed by atoms with Crippen molar-refractivity contribution in [3.63, 3.8) is 0 Å². The quantitative estimate of drug-likeness (QED) is 0.193. The van der Waals surface area contributed by atoms with Gasteiger partial charge in [0.1, 0.15) is 0 Å². The van der Waals surface area contributed by atoms with Crippen LogP contribution in [-0.4, -0.2) is 44.2 Å². The lowest BCUT2D eigenvalue weighted by molar-refractivity contribution is -0.192. The Morgan fingerprint density at radius 1 is 1.00 bits per heavy atom. The van der Waals surface area contributed by atoms with Crippen LogP contribution in [0.25, 0.3) is 0 Å². The maximum atomic E-state index is 12.5. The minimum Gasteiger partial charge on any atom is -0.475 e. The number of alkyl halides is 3. The molecule has 4 aromatic rings. The van der Waals surface area contributed by atoms with E-state index in [-0.39, 0.29) is 5.91 Å². The number of aliphatic carboxylic acids is 1. The van der Waals surface area contributed by atoms with Gasteiger partial charge >= 0.3 is 12.1 Å². The van der Waals surface area contributed by atoms with E-state index in [1.807, 2.05) is 47.3 Å². The van der Waals surface area contributed by atoms with Crippen molar-refractivity contribution < 1.29 is 27.9 Å². The van der Waals surface area contributed by atoms with Crippen molar-refractivity contribution in [3.05, 3.63) is 107 Å². The minimum atomic E-state index is -5.08. The molecule has 1 aliphatic rings. The van der Waals surface area contributed by atoms with E-state index < -0.39 is 12.1 Å². The number of nitrogens with two attached hydrogens (primary N) is 1. The smallest absolute Gasteiger partial charge is 0.475 e. The number of amides is 1. The number of carboxylic acids is 1. The lowest BCUT2D eigenvalue weighted by atomic mass is 10.1. The van der Waals surface area contributed by atoms with Crippen LogP contribution in [0.15, 0.2) is 85.1 Å². The van der Waals surface area contributed by atoms with Gasteiger partial charge in [0.25, 0.3) is 5.91 Å². The van der Waals surface area contributed by atoms with Crippen molar-refractivity contribution in [2.24, 2.45) is 0 Å². The molecule has 0 saturated heterocycles. The number of benzene rings is 3. The van der Waals surface area contributed by atoms with Gasteiger partial charge in [-0.1, -0.05) is 59.8 Å². The third-order valence-corrected chi connectivity index (χ3v) is 6.67. The summed E-state index contributed by atoms with van der Waals surface area (Å²) in [7, 11) is 0. The summed E-state index contributed by atoms with van der Waals surface area (Å²) in [6.07, 6.45) is -0.0304. The van der Waals surface area contributed by atoms with E-state index in [4.69, 9.17) is 15.6 Å². The Balaban J connectivity index is 0.000000517. The van der Waals surface area contributed by atoms with Crippen LogP contribution in [-0.2, 0) is 24.3 Å². The Morgan fingerprint density at radius 3 is 2.33 bits per heavy atom. The van der Waals surface area contributed by atoms with E-state index in [9.17, 15) is 18.0 Å². The number of para-hydroxylation sites is 2. The number of carbonyl (C=O) groups is 2. The summed E-state index contributed by atoms with van der Waals surface area (Å²) < 4.78 is 33.6. The first-order valence-corrected chi connectivity index (χ1v) is 13.3. The van der Waals surface area contributed by atoms with Crippen LogP contribution in [0.3, 0.4) is 0 Å². The molecule has 1 fully saturated rings. The first-order chi connectivity index (χ1) is 20.1. The second kappa shape index (κ2) is 13.8. The van der Waals surface area contributed by atoms with Crippen LogP contribution >= 0.6 is 0 Å². The third kappa shape index (κ3) is 8.90. The van der Waals surface area contributed by atoms with Gasteiger partial charge in [-0.25, -0.2) is 4.79 Å². The van der Waals surface area contributed by atoms with Crippen molar-refractivity contribution >= 4 is 23.3 Å². The fourth-order valence-corrected chi connectivity index (χ4v) is 4.33. The zero-order valence-electron chi connectivity index (χ0n) is 22.6. The molecule has 220 valence electrons. The zero-order chi connectivity index (χ0) is 30.1. The van der Waals surface area contributed by atoms with Gasteiger partial charge in [0.05, 0.1) is 17.1 Å². The van der Waals surface area contributed by atoms with Crippen LogP contribution in [0.5, 0.6) is 0 Å². The average molecular weight is 581 g/mol. The fraction of sp³-hybridized carbons (Fsp3) is 0.267. The lowest BCUT2D eigenvalue weighted by Gasteiger charge is -2.08. The van der Waals surface area contributed by atoms with Crippen molar-refractivity contribution in [2.75, 3.05) is 11.1 Å². The van der Waals surface area contributed by atoms with E-state index in [2.05, 4.69) is 51.3 Å². The molecule has 2 atom stereocenters. The molecule has 1 amide bonds. The average Bonchev–Trinajstić information content (AvgIpc) is 3.62. The lowest BCUT2D eigenvalue weighted by Crippen LogP contribution is -2.21. The molecule has 1 aliphatic carbocycles. The number of carbonyl (C=O) groups excluding carboxylic acids is 1. The molecule has 0 bridgehead atoms. The van der Waals surface area contributed by atoms with Crippen LogP contribution < -0.4 is 16.4 Å². The number of hydrogen-bond acceptors (Lipinski definition) is 6. The number of nitrogen functional groups attached to an aromatic ring is 1. The summed E-state index contributed by atoms with van der Waals surface area (Å²) >= 11 is 0. The Morgan fingerprint density at radius 2 is 1.67 bits per heavy atom. The molecule has 5 rings (SSSR count). The summed E-state index contributed by atoms with van der Waals surface area (Å²) in [5, 5.41) is 22.2. The highest BCUT2D eigenvalue weighted by Gasteiger charge is 2.38. The highest BCUT2D eigenvalue weighted by molar-refractivity contribution is 6.05. The molecule has 42 heavy (non-hydrogen) atoms.